The van der Waals surface area contributed by atoms with E-state index >= 15 is 0 Å². The second-order valence-electron chi connectivity index (χ2n) is 6.63. The topological polar surface area (TPSA) is 58.8 Å². The largest absolute Gasteiger partial charge is 0.467 e. The quantitative estimate of drug-likeness (QED) is 0.244. The third-order valence-corrected chi connectivity index (χ3v) is 4.71. The average molecular weight is 487 g/mol. The molecular formula is C20H27FIN3O2. The summed E-state index contributed by atoms with van der Waals surface area (Å²) in [5.74, 6) is 1.43. The van der Waals surface area contributed by atoms with Crippen molar-refractivity contribution < 1.29 is 13.5 Å². The van der Waals surface area contributed by atoms with Gasteiger partial charge in [-0.25, -0.2) is 4.39 Å². The maximum atomic E-state index is 13.1. The van der Waals surface area contributed by atoms with Gasteiger partial charge in [0.25, 0.3) is 0 Å². The molecule has 2 aromatic rings. The van der Waals surface area contributed by atoms with Crippen LogP contribution in [0.3, 0.4) is 0 Å². The van der Waals surface area contributed by atoms with Gasteiger partial charge >= 0.3 is 0 Å². The molecule has 5 nitrogen and oxygen atoms in total. The van der Waals surface area contributed by atoms with E-state index in [1.54, 1.807) is 13.3 Å². The first-order chi connectivity index (χ1) is 12.7. The molecule has 0 saturated heterocycles. The lowest BCUT2D eigenvalue weighted by atomic mass is 9.96. The summed E-state index contributed by atoms with van der Waals surface area (Å²) in [7, 11) is 1.76. The number of hydrogen-bond donors (Lipinski definition) is 2. The van der Waals surface area contributed by atoms with Gasteiger partial charge in [-0.3, -0.25) is 4.99 Å². The molecule has 0 radical (unpaired) electrons. The predicted molar refractivity (Wildman–Crippen MR) is 115 cm³/mol. The molecule has 0 aliphatic heterocycles. The Labute approximate surface area is 176 Å². The van der Waals surface area contributed by atoms with E-state index in [1.165, 1.54) is 17.7 Å². The molecule has 0 bridgehead atoms. The lowest BCUT2D eigenvalue weighted by Gasteiger charge is -2.19. The number of hydrogen-bond acceptors (Lipinski definition) is 3. The molecule has 1 fully saturated rings. The van der Waals surface area contributed by atoms with Gasteiger partial charge < -0.3 is 19.8 Å². The maximum Gasteiger partial charge on any atom is 0.191 e. The molecule has 7 heteroatoms. The summed E-state index contributed by atoms with van der Waals surface area (Å²) in [6.45, 7) is 2.74. The van der Waals surface area contributed by atoms with Crippen LogP contribution in [0, 0.1) is 5.82 Å². The van der Waals surface area contributed by atoms with Crippen molar-refractivity contribution in [2.45, 2.75) is 31.3 Å². The van der Waals surface area contributed by atoms with E-state index in [2.05, 4.69) is 15.6 Å². The Bertz CT molecular complexity index is 701. The van der Waals surface area contributed by atoms with Gasteiger partial charge in [-0.05, 0) is 49.1 Å². The molecular weight excluding hydrogens is 460 g/mol. The smallest absolute Gasteiger partial charge is 0.191 e. The molecule has 1 aliphatic carbocycles. The van der Waals surface area contributed by atoms with Crippen LogP contribution >= 0.6 is 24.0 Å². The van der Waals surface area contributed by atoms with Crippen LogP contribution in [0.2, 0.25) is 0 Å². The van der Waals surface area contributed by atoms with Crippen LogP contribution in [0.5, 0.6) is 0 Å². The summed E-state index contributed by atoms with van der Waals surface area (Å²) in [5, 5.41) is 6.69. The van der Waals surface area contributed by atoms with Crippen LogP contribution < -0.4 is 10.6 Å². The summed E-state index contributed by atoms with van der Waals surface area (Å²) in [6, 6.07) is 10.6. The third-order valence-electron chi connectivity index (χ3n) is 4.71. The highest BCUT2D eigenvalue weighted by molar-refractivity contribution is 14.0. The summed E-state index contributed by atoms with van der Waals surface area (Å²) in [4.78, 5) is 4.26. The average Bonchev–Trinajstić information content (AvgIpc) is 3.27. The minimum atomic E-state index is -0.191. The van der Waals surface area contributed by atoms with E-state index in [9.17, 15) is 4.39 Å². The van der Waals surface area contributed by atoms with E-state index in [-0.39, 0.29) is 35.2 Å². The van der Waals surface area contributed by atoms with Crippen LogP contribution in [0.25, 0.3) is 0 Å². The standard InChI is InChI=1S/C20H26FN3O2.HI/c1-22-19(23-11-3-12-25-14-18-4-2-13-26-18)24-15-20(9-10-20)16-5-7-17(21)8-6-16;/h2,4-8,13H,3,9-12,14-15H2,1H3,(H2,22,23,24);1H. The predicted octanol–water partition coefficient (Wildman–Crippen LogP) is 3.84. The molecule has 1 aromatic carbocycles. The van der Waals surface area contributed by atoms with Crippen molar-refractivity contribution in [1.29, 1.82) is 0 Å². The van der Waals surface area contributed by atoms with Crippen LogP contribution in [0.4, 0.5) is 4.39 Å². The lowest BCUT2D eigenvalue weighted by Crippen LogP contribution is -2.41. The second-order valence-corrected chi connectivity index (χ2v) is 6.63. The second kappa shape index (κ2) is 10.7. The Morgan fingerprint density at radius 1 is 1.22 bits per heavy atom. The third kappa shape index (κ3) is 6.49. The van der Waals surface area contributed by atoms with Crippen molar-refractivity contribution in [3.63, 3.8) is 0 Å². The normalized spacial score (nSPS) is 15.1. The van der Waals surface area contributed by atoms with Crippen LogP contribution in [-0.2, 0) is 16.8 Å². The Morgan fingerprint density at radius 2 is 2.00 bits per heavy atom. The molecule has 1 saturated carbocycles. The summed E-state index contributed by atoms with van der Waals surface area (Å²) < 4.78 is 23.9. The molecule has 2 N–H and O–H groups in total. The SMILES string of the molecule is CN=C(NCCCOCc1ccco1)NCC1(c2ccc(F)cc2)CC1.I. The number of nitrogens with zero attached hydrogens (tertiary/aromatic N) is 1. The number of guanidine groups is 1. The zero-order chi connectivity index (χ0) is 18.2. The van der Waals surface area contributed by atoms with Gasteiger partial charge in [0.05, 0.1) is 6.26 Å². The number of furan rings is 1. The molecule has 3 rings (SSSR count). The molecule has 148 valence electrons. The first-order valence-electron chi connectivity index (χ1n) is 9.03. The fraction of sp³-hybridized carbons (Fsp3) is 0.450. The number of halogens is 2. The summed E-state index contributed by atoms with van der Waals surface area (Å²) >= 11 is 0. The number of rotatable bonds is 9. The molecule has 0 atom stereocenters. The Morgan fingerprint density at radius 3 is 2.63 bits per heavy atom. The summed E-state index contributed by atoms with van der Waals surface area (Å²) in [6.07, 6.45) is 4.76. The van der Waals surface area contributed by atoms with Crippen LogP contribution in [-0.4, -0.2) is 32.7 Å². The Balaban J connectivity index is 0.00000261. The lowest BCUT2D eigenvalue weighted by molar-refractivity contribution is 0.105. The van der Waals surface area contributed by atoms with Crippen LogP contribution in [0.15, 0.2) is 52.1 Å². The fourth-order valence-electron chi connectivity index (χ4n) is 2.94. The van der Waals surface area contributed by atoms with Crippen molar-refractivity contribution >= 4 is 29.9 Å². The number of ether oxygens (including phenoxy) is 1. The first-order valence-corrected chi connectivity index (χ1v) is 9.03. The van der Waals surface area contributed by atoms with Crippen molar-refractivity contribution in [2.75, 3.05) is 26.7 Å². The van der Waals surface area contributed by atoms with Gasteiger partial charge in [0.2, 0.25) is 0 Å². The van der Waals surface area contributed by atoms with E-state index in [0.29, 0.717) is 13.2 Å². The minimum Gasteiger partial charge on any atom is -0.467 e. The van der Waals surface area contributed by atoms with Crippen molar-refractivity contribution in [3.8, 4) is 0 Å². The van der Waals surface area contributed by atoms with E-state index in [0.717, 1.165) is 44.1 Å². The first kappa shape index (κ1) is 21.7. The molecule has 0 unspecified atom stereocenters. The summed E-state index contributed by atoms with van der Waals surface area (Å²) in [5.41, 5.74) is 1.30. The van der Waals surface area contributed by atoms with E-state index in [4.69, 9.17) is 9.15 Å². The minimum absolute atomic E-state index is 0. The molecule has 1 heterocycles. The van der Waals surface area contributed by atoms with Crippen LogP contribution in [0.1, 0.15) is 30.6 Å². The maximum absolute atomic E-state index is 13.1. The van der Waals surface area contributed by atoms with Crippen molar-refractivity contribution in [1.82, 2.24) is 10.6 Å². The van der Waals surface area contributed by atoms with Crippen molar-refractivity contribution in [3.05, 3.63) is 59.8 Å². The van der Waals surface area contributed by atoms with Gasteiger partial charge in [0, 0.05) is 32.2 Å². The van der Waals surface area contributed by atoms with Gasteiger partial charge in [-0.15, -0.1) is 24.0 Å². The molecule has 0 amide bonds. The number of benzene rings is 1. The zero-order valence-electron chi connectivity index (χ0n) is 15.5. The van der Waals surface area contributed by atoms with Gasteiger partial charge in [-0.2, -0.15) is 0 Å². The molecule has 1 aliphatic rings. The van der Waals surface area contributed by atoms with Gasteiger partial charge in [-0.1, -0.05) is 12.1 Å². The van der Waals surface area contributed by atoms with Crippen molar-refractivity contribution in [2.24, 2.45) is 4.99 Å². The Kier molecular flexibility index (Phi) is 8.56. The molecule has 0 spiro atoms. The highest BCUT2D eigenvalue weighted by Gasteiger charge is 2.44. The molecule has 1 aromatic heterocycles. The number of aliphatic imine (C=N–C) groups is 1. The molecule has 27 heavy (non-hydrogen) atoms. The Hall–Kier alpha value is -1.61. The highest BCUT2D eigenvalue weighted by Crippen LogP contribution is 2.47. The van der Waals surface area contributed by atoms with Gasteiger partial charge in [0.1, 0.15) is 18.2 Å². The van der Waals surface area contributed by atoms with E-state index in [1.807, 2.05) is 24.3 Å². The van der Waals surface area contributed by atoms with E-state index < -0.39 is 0 Å². The monoisotopic (exact) mass is 487 g/mol. The zero-order valence-corrected chi connectivity index (χ0v) is 17.9. The van der Waals surface area contributed by atoms with Gasteiger partial charge in [0.15, 0.2) is 5.96 Å². The number of nitrogens with one attached hydrogen (secondary N) is 2. The highest BCUT2D eigenvalue weighted by atomic mass is 127. The fourth-order valence-corrected chi connectivity index (χ4v) is 2.94.